The van der Waals surface area contributed by atoms with E-state index in [2.05, 4.69) is 51.2 Å². The molecule has 0 saturated carbocycles. The number of nitrogens with zero attached hydrogens (tertiary/aromatic N) is 3. The molecule has 3 heterocycles. The van der Waals surface area contributed by atoms with E-state index in [1.165, 1.54) is 16.8 Å². The third-order valence-electron chi connectivity index (χ3n) is 6.53. The summed E-state index contributed by atoms with van der Waals surface area (Å²) in [6.07, 6.45) is 13.1. The molecule has 6 heteroatoms. The van der Waals surface area contributed by atoms with E-state index < -0.39 is 0 Å². The Labute approximate surface area is 199 Å². The van der Waals surface area contributed by atoms with E-state index >= 15 is 0 Å². The van der Waals surface area contributed by atoms with Gasteiger partial charge in [-0.1, -0.05) is 42.0 Å². The second kappa shape index (κ2) is 9.54. The van der Waals surface area contributed by atoms with Gasteiger partial charge in [0.1, 0.15) is 5.65 Å². The third kappa shape index (κ3) is 4.90. The van der Waals surface area contributed by atoms with Crippen molar-refractivity contribution in [2.24, 2.45) is 0 Å². The van der Waals surface area contributed by atoms with Crippen LogP contribution in [0, 0.1) is 0 Å². The van der Waals surface area contributed by atoms with Gasteiger partial charge in [0.25, 0.3) is 0 Å². The Morgan fingerprint density at radius 1 is 1.09 bits per heavy atom. The molecule has 1 aromatic carbocycles. The number of hydrogen-bond donors (Lipinski definition) is 1. The molecule has 2 aliphatic rings. The maximum Gasteiger partial charge on any atom is 0.217 e. The lowest BCUT2D eigenvalue weighted by Crippen LogP contribution is -2.43. The van der Waals surface area contributed by atoms with Gasteiger partial charge >= 0.3 is 0 Å². The van der Waals surface area contributed by atoms with Crippen LogP contribution in [-0.4, -0.2) is 39.3 Å². The zero-order valence-corrected chi connectivity index (χ0v) is 19.7. The number of hydrogen-bond acceptors (Lipinski definition) is 3. The van der Waals surface area contributed by atoms with Crippen molar-refractivity contribution in [2.45, 2.75) is 45.2 Å². The second-order valence-electron chi connectivity index (χ2n) is 8.95. The third-order valence-corrected chi connectivity index (χ3v) is 6.78. The smallest absolute Gasteiger partial charge is 0.217 e. The molecule has 0 spiro atoms. The number of piperidine rings is 1. The van der Waals surface area contributed by atoms with Gasteiger partial charge in [-0.15, -0.1) is 0 Å². The molecule has 1 aliphatic carbocycles. The van der Waals surface area contributed by atoms with Crippen molar-refractivity contribution in [3.63, 3.8) is 0 Å². The van der Waals surface area contributed by atoms with Crippen LogP contribution < -0.4 is 5.32 Å². The average Bonchev–Trinajstić information content (AvgIpc) is 3.18. The van der Waals surface area contributed by atoms with Crippen LogP contribution in [0.15, 0.2) is 60.8 Å². The van der Waals surface area contributed by atoms with E-state index in [0.29, 0.717) is 0 Å². The number of allylic oxidation sites excluding steroid dienone is 4. The zero-order valence-electron chi connectivity index (χ0n) is 18.9. The molecule has 0 radical (unpaired) electrons. The number of halogens is 1. The number of rotatable bonds is 5. The lowest BCUT2D eigenvalue weighted by Gasteiger charge is -2.32. The highest BCUT2D eigenvalue weighted by Gasteiger charge is 2.23. The predicted molar refractivity (Wildman–Crippen MR) is 134 cm³/mol. The molecule has 1 aliphatic heterocycles. The summed E-state index contributed by atoms with van der Waals surface area (Å²) in [4.78, 5) is 18.9. The predicted octanol–water partition coefficient (Wildman–Crippen LogP) is 5.49. The van der Waals surface area contributed by atoms with E-state index in [1.807, 2.05) is 24.3 Å². The molecule has 5 rings (SSSR count). The van der Waals surface area contributed by atoms with Gasteiger partial charge in [-0.2, -0.15) is 0 Å². The van der Waals surface area contributed by atoms with Gasteiger partial charge in [-0.3, -0.25) is 9.69 Å². The Morgan fingerprint density at radius 2 is 1.85 bits per heavy atom. The maximum absolute atomic E-state index is 11.4. The van der Waals surface area contributed by atoms with E-state index in [0.717, 1.165) is 67.2 Å². The fourth-order valence-corrected chi connectivity index (χ4v) is 4.94. The summed E-state index contributed by atoms with van der Waals surface area (Å²) in [7, 11) is 0. The minimum absolute atomic E-state index is 0.0545. The van der Waals surface area contributed by atoms with Crippen LogP contribution in [0.1, 0.15) is 43.9 Å². The molecule has 0 bridgehead atoms. The molecule has 1 saturated heterocycles. The van der Waals surface area contributed by atoms with Crippen molar-refractivity contribution >= 4 is 28.7 Å². The summed E-state index contributed by atoms with van der Waals surface area (Å²) in [6, 6.07) is 12.5. The van der Waals surface area contributed by atoms with Crippen LogP contribution in [0.3, 0.4) is 0 Å². The molecule has 0 unspecified atom stereocenters. The molecule has 0 atom stereocenters. The number of carbonyl (C=O) groups is 1. The van der Waals surface area contributed by atoms with Crippen molar-refractivity contribution in [1.29, 1.82) is 0 Å². The number of pyridine rings is 1. The SMILES string of the molecule is CC(=O)NC1CCN(Cc2c(-c3ccc(Cl)cc3)nc3ccc(C4=CCCC=C4)cn23)CC1. The van der Waals surface area contributed by atoms with E-state index in [9.17, 15) is 4.79 Å². The number of imidazole rings is 1. The number of aromatic nitrogens is 2. The standard InChI is InChI=1S/C27H29ClN4O/c1-19(33)29-24-13-15-31(16-14-24)18-25-27(21-7-10-23(28)11-8-21)30-26-12-9-22(17-32(25)26)20-5-3-2-4-6-20/h3,5-12,17,24H,2,4,13-16,18H2,1H3,(H,29,33). The average molecular weight is 461 g/mol. The molecule has 2 aromatic heterocycles. The summed E-state index contributed by atoms with van der Waals surface area (Å²) >= 11 is 6.15. The molecule has 33 heavy (non-hydrogen) atoms. The summed E-state index contributed by atoms with van der Waals surface area (Å²) in [5.41, 5.74) is 6.70. The first-order valence-electron chi connectivity index (χ1n) is 11.7. The van der Waals surface area contributed by atoms with E-state index in [4.69, 9.17) is 16.6 Å². The van der Waals surface area contributed by atoms with Gasteiger partial charge in [0, 0.05) is 49.4 Å². The maximum atomic E-state index is 11.4. The Bertz CT molecular complexity index is 1220. The Morgan fingerprint density at radius 3 is 2.55 bits per heavy atom. The number of carbonyl (C=O) groups excluding carboxylic acids is 1. The Hall–Kier alpha value is -2.89. The summed E-state index contributed by atoms with van der Waals surface area (Å²) in [6.45, 7) is 4.31. The van der Waals surface area contributed by atoms with Gasteiger partial charge in [0.2, 0.25) is 5.91 Å². The number of benzene rings is 1. The summed E-state index contributed by atoms with van der Waals surface area (Å²) in [5, 5.41) is 3.79. The Kier molecular flexibility index (Phi) is 6.34. The first-order chi connectivity index (χ1) is 16.1. The van der Waals surface area contributed by atoms with E-state index in [1.54, 1.807) is 6.92 Å². The van der Waals surface area contributed by atoms with Gasteiger partial charge < -0.3 is 9.72 Å². The van der Waals surface area contributed by atoms with Gasteiger partial charge in [-0.25, -0.2) is 4.98 Å². The van der Waals surface area contributed by atoms with Crippen LogP contribution in [0.2, 0.25) is 5.02 Å². The van der Waals surface area contributed by atoms with Gasteiger partial charge in [0.05, 0.1) is 11.4 Å². The lowest BCUT2D eigenvalue weighted by molar-refractivity contribution is -0.119. The molecule has 1 N–H and O–H groups in total. The molecule has 3 aromatic rings. The normalized spacial score (nSPS) is 17.3. The fourth-order valence-electron chi connectivity index (χ4n) is 4.82. The second-order valence-corrected chi connectivity index (χ2v) is 9.39. The van der Waals surface area contributed by atoms with Crippen molar-refractivity contribution in [3.8, 4) is 11.3 Å². The monoisotopic (exact) mass is 460 g/mol. The first-order valence-corrected chi connectivity index (χ1v) is 12.1. The molecule has 5 nitrogen and oxygen atoms in total. The molecule has 1 amide bonds. The van der Waals surface area contributed by atoms with Crippen molar-refractivity contribution in [3.05, 3.63) is 77.1 Å². The minimum Gasteiger partial charge on any atom is -0.354 e. The fraction of sp³-hybridized carbons (Fsp3) is 0.333. The lowest BCUT2D eigenvalue weighted by atomic mass is 10.0. The van der Waals surface area contributed by atoms with Gasteiger partial charge in [0.15, 0.2) is 0 Å². The highest BCUT2D eigenvalue weighted by Crippen LogP contribution is 2.30. The summed E-state index contributed by atoms with van der Waals surface area (Å²) in [5.74, 6) is 0.0545. The Balaban J connectivity index is 1.50. The van der Waals surface area contributed by atoms with Crippen molar-refractivity contribution in [2.75, 3.05) is 13.1 Å². The number of amides is 1. The van der Waals surface area contributed by atoms with Crippen LogP contribution >= 0.6 is 11.6 Å². The van der Waals surface area contributed by atoms with Crippen LogP contribution in [-0.2, 0) is 11.3 Å². The van der Waals surface area contributed by atoms with Crippen molar-refractivity contribution < 1.29 is 4.79 Å². The number of fused-ring (bicyclic) bond motifs is 1. The van der Waals surface area contributed by atoms with Crippen molar-refractivity contribution in [1.82, 2.24) is 19.6 Å². The highest BCUT2D eigenvalue weighted by molar-refractivity contribution is 6.30. The molecule has 170 valence electrons. The number of nitrogens with one attached hydrogen (secondary N) is 1. The highest BCUT2D eigenvalue weighted by atomic mass is 35.5. The summed E-state index contributed by atoms with van der Waals surface area (Å²) < 4.78 is 2.25. The topological polar surface area (TPSA) is 49.6 Å². The number of likely N-dealkylation sites (tertiary alicyclic amines) is 1. The quantitative estimate of drug-likeness (QED) is 0.547. The molecular weight excluding hydrogens is 432 g/mol. The van der Waals surface area contributed by atoms with Crippen LogP contribution in [0.4, 0.5) is 0 Å². The van der Waals surface area contributed by atoms with Gasteiger partial charge in [-0.05, 0) is 61.1 Å². The zero-order chi connectivity index (χ0) is 22.8. The van der Waals surface area contributed by atoms with Crippen LogP contribution in [0.25, 0.3) is 22.5 Å². The van der Waals surface area contributed by atoms with E-state index in [-0.39, 0.29) is 11.9 Å². The molecule has 1 fully saturated rings. The van der Waals surface area contributed by atoms with Crippen LogP contribution in [0.5, 0.6) is 0 Å². The first kappa shape index (κ1) is 21.9. The molecular formula is C27H29ClN4O. The minimum atomic E-state index is 0.0545. The largest absolute Gasteiger partial charge is 0.354 e.